The highest BCUT2D eigenvalue weighted by Crippen LogP contribution is 2.43. The minimum Gasteiger partial charge on any atom is -0.347 e. The molecule has 2 atom stereocenters. The average molecular weight is 344 g/mol. The molecular weight excluding hydrogens is 320 g/mol. The highest BCUT2D eigenvalue weighted by atomic mass is 16.7. The van der Waals surface area contributed by atoms with Crippen LogP contribution < -0.4 is 4.90 Å². The summed E-state index contributed by atoms with van der Waals surface area (Å²) in [5.41, 5.74) is 0.862. The lowest BCUT2D eigenvalue weighted by molar-refractivity contribution is -0.187. The van der Waals surface area contributed by atoms with Gasteiger partial charge in [0.2, 0.25) is 11.8 Å². The fourth-order valence-electron chi connectivity index (χ4n) is 3.86. The Bertz CT molecular complexity index is 647. The van der Waals surface area contributed by atoms with Crippen LogP contribution in [0.25, 0.3) is 0 Å². The second-order valence-corrected chi connectivity index (χ2v) is 7.11. The van der Waals surface area contributed by atoms with Gasteiger partial charge < -0.3 is 19.3 Å². The Kier molecular flexibility index (Phi) is 4.25. The number of carbonyl (C=O) groups excluding carboxylic acids is 2. The number of hydrogen-bond donors (Lipinski definition) is 0. The van der Waals surface area contributed by atoms with Gasteiger partial charge in [-0.25, -0.2) is 0 Å². The first-order chi connectivity index (χ1) is 12.1. The summed E-state index contributed by atoms with van der Waals surface area (Å²) in [5.74, 6) is -0.692. The summed E-state index contributed by atoms with van der Waals surface area (Å²) < 4.78 is 11.4. The van der Waals surface area contributed by atoms with Crippen LogP contribution in [0.4, 0.5) is 5.69 Å². The van der Waals surface area contributed by atoms with Crippen molar-refractivity contribution >= 4 is 17.5 Å². The molecule has 2 aliphatic heterocycles. The quantitative estimate of drug-likeness (QED) is 0.837. The maximum absolute atomic E-state index is 12.7. The number of carbonyl (C=O) groups is 2. The second-order valence-electron chi connectivity index (χ2n) is 7.11. The lowest BCUT2D eigenvalue weighted by Crippen LogP contribution is -2.48. The maximum Gasteiger partial charge on any atom is 0.230 e. The van der Waals surface area contributed by atoms with Crippen molar-refractivity contribution in [2.75, 3.05) is 38.3 Å². The molecule has 6 heteroatoms. The SMILES string of the molecule is CN(C(=O)C1CC1C(=O)N1CCC2(CC1)OCCO2)c1ccccc1. The van der Waals surface area contributed by atoms with Gasteiger partial charge in [0.1, 0.15) is 0 Å². The molecule has 1 saturated carbocycles. The molecule has 134 valence electrons. The fraction of sp³-hybridized carbons (Fsp3) is 0.579. The van der Waals surface area contributed by atoms with Crippen LogP contribution in [0.3, 0.4) is 0 Å². The molecule has 0 N–H and O–H groups in total. The van der Waals surface area contributed by atoms with Crippen molar-refractivity contribution in [1.29, 1.82) is 0 Å². The van der Waals surface area contributed by atoms with Crippen molar-refractivity contribution in [3.63, 3.8) is 0 Å². The summed E-state index contributed by atoms with van der Waals surface area (Å²) in [7, 11) is 1.77. The summed E-state index contributed by atoms with van der Waals surface area (Å²) in [6.07, 6.45) is 2.09. The number of piperidine rings is 1. The summed E-state index contributed by atoms with van der Waals surface area (Å²) >= 11 is 0. The molecule has 2 unspecified atom stereocenters. The van der Waals surface area contributed by atoms with Crippen LogP contribution in [0.5, 0.6) is 0 Å². The molecule has 25 heavy (non-hydrogen) atoms. The second kappa shape index (κ2) is 6.42. The van der Waals surface area contributed by atoms with Crippen LogP contribution in [0.1, 0.15) is 19.3 Å². The normalized spacial score (nSPS) is 27.3. The third-order valence-electron chi connectivity index (χ3n) is 5.55. The highest BCUT2D eigenvalue weighted by Gasteiger charge is 2.52. The molecule has 0 radical (unpaired) electrons. The molecule has 4 rings (SSSR count). The first-order valence-electron chi connectivity index (χ1n) is 8.99. The van der Waals surface area contributed by atoms with E-state index in [4.69, 9.17) is 9.47 Å². The Balaban J connectivity index is 1.32. The van der Waals surface area contributed by atoms with Gasteiger partial charge in [0, 0.05) is 38.7 Å². The summed E-state index contributed by atoms with van der Waals surface area (Å²) in [4.78, 5) is 28.9. The fourth-order valence-corrected chi connectivity index (χ4v) is 3.86. The van der Waals surface area contributed by atoms with E-state index in [0.717, 1.165) is 5.69 Å². The smallest absolute Gasteiger partial charge is 0.230 e. The zero-order valence-electron chi connectivity index (χ0n) is 14.5. The zero-order chi connectivity index (χ0) is 17.4. The minimum absolute atomic E-state index is 0.0282. The number of para-hydroxylation sites is 1. The Morgan fingerprint density at radius 1 is 1.08 bits per heavy atom. The lowest BCUT2D eigenvalue weighted by atomic mass is 10.0. The van der Waals surface area contributed by atoms with Crippen molar-refractivity contribution in [3.8, 4) is 0 Å². The molecule has 2 heterocycles. The zero-order valence-corrected chi connectivity index (χ0v) is 14.5. The predicted molar refractivity (Wildman–Crippen MR) is 91.9 cm³/mol. The average Bonchev–Trinajstić information content (AvgIpc) is 3.34. The van der Waals surface area contributed by atoms with Gasteiger partial charge in [0.15, 0.2) is 5.79 Å². The number of hydrogen-bond acceptors (Lipinski definition) is 4. The Morgan fingerprint density at radius 2 is 1.72 bits per heavy atom. The van der Waals surface area contributed by atoms with Crippen LogP contribution in [0, 0.1) is 11.8 Å². The molecule has 1 aromatic rings. The van der Waals surface area contributed by atoms with E-state index in [1.165, 1.54) is 0 Å². The van der Waals surface area contributed by atoms with Crippen LogP contribution >= 0.6 is 0 Å². The molecule has 1 aromatic carbocycles. The highest BCUT2D eigenvalue weighted by molar-refractivity contribution is 6.00. The van der Waals surface area contributed by atoms with E-state index in [-0.39, 0.29) is 23.7 Å². The van der Waals surface area contributed by atoms with Crippen LogP contribution in [0.15, 0.2) is 30.3 Å². The molecule has 6 nitrogen and oxygen atoms in total. The molecule has 3 aliphatic rings. The van der Waals surface area contributed by atoms with Crippen molar-refractivity contribution in [2.45, 2.75) is 25.0 Å². The summed E-state index contributed by atoms with van der Waals surface area (Å²) in [5, 5.41) is 0. The molecule has 1 aliphatic carbocycles. The van der Waals surface area contributed by atoms with Gasteiger partial charge in [-0.1, -0.05) is 18.2 Å². The standard InChI is InChI=1S/C19H24N2O4/c1-20(14-5-3-2-4-6-14)17(22)15-13-16(15)18(23)21-9-7-19(8-10-21)24-11-12-25-19/h2-6,15-16H,7-13H2,1H3. The number of benzene rings is 1. The third-order valence-corrected chi connectivity index (χ3v) is 5.55. The molecule has 1 spiro atoms. The Morgan fingerprint density at radius 3 is 2.36 bits per heavy atom. The molecule has 0 aromatic heterocycles. The van der Waals surface area contributed by atoms with Crippen molar-refractivity contribution in [2.24, 2.45) is 11.8 Å². The first-order valence-corrected chi connectivity index (χ1v) is 8.99. The summed E-state index contributed by atoms with van der Waals surface area (Å²) in [6.45, 7) is 2.56. The number of rotatable bonds is 3. The molecule has 0 bridgehead atoms. The van der Waals surface area contributed by atoms with E-state index in [0.29, 0.717) is 45.6 Å². The molecule has 2 saturated heterocycles. The lowest BCUT2D eigenvalue weighted by Gasteiger charge is -2.37. The van der Waals surface area contributed by atoms with E-state index < -0.39 is 5.79 Å². The van der Waals surface area contributed by atoms with Gasteiger partial charge in [-0.2, -0.15) is 0 Å². The first kappa shape index (κ1) is 16.5. The molecule has 3 fully saturated rings. The van der Waals surface area contributed by atoms with E-state index in [2.05, 4.69) is 0 Å². The van der Waals surface area contributed by atoms with E-state index in [9.17, 15) is 9.59 Å². The Labute approximate surface area is 147 Å². The van der Waals surface area contributed by atoms with Gasteiger partial charge in [-0.05, 0) is 18.6 Å². The van der Waals surface area contributed by atoms with Crippen LogP contribution in [-0.2, 0) is 19.1 Å². The number of anilines is 1. The van der Waals surface area contributed by atoms with Gasteiger partial charge in [0.05, 0.1) is 25.0 Å². The number of likely N-dealkylation sites (tertiary alicyclic amines) is 1. The van der Waals surface area contributed by atoms with Gasteiger partial charge in [-0.15, -0.1) is 0 Å². The van der Waals surface area contributed by atoms with Crippen molar-refractivity contribution < 1.29 is 19.1 Å². The van der Waals surface area contributed by atoms with Crippen molar-refractivity contribution in [1.82, 2.24) is 4.90 Å². The minimum atomic E-state index is -0.469. The number of nitrogens with zero attached hydrogens (tertiary/aromatic N) is 2. The van der Waals surface area contributed by atoms with Gasteiger partial charge in [0.25, 0.3) is 0 Å². The number of ether oxygens (including phenoxy) is 2. The Hall–Kier alpha value is -1.92. The largest absolute Gasteiger partial charge is 0.347 e. The third kappa shape index (κ3) is 3.16. The van der Waals surface area contributed by atoms with E-state index >= 15 is 0 Å². The van der Waals surface area contributed by atoms with Crippen LogP contribution in [-0.4, -0.2) is 55.9 Å². The maximum atomic E-state index is 12.7. The van der Waals surface area contributed by atoms with Crippen molar-refractivity contribution in [3.05, 3.63) is 30.3 Å². The molecular formula is C19H24N2O4. The topological polar surface area (TPSA) is 59.1 Å². The predicted octanol–water partition coefficient (Wildman–Crippen LogP) is 1.65. The number of amides is 2. The van der Waals surface area contributed by atoms with E-state index in [1.807, 2.05) is 35.2 Å². The summed E-state index contributed by atoms with van der Waals surface area (Å²) in [6, 6.07) is 9.55. The van der Waals surface area contributed by atoms with E-state index in [1.54, 1.807) is 11.9 Å². The van der Waals surface area contributed by atoms with Gasteiger partial charge >= 0.3 is 0 Å². The monoisotopic (exact) mass is 344 g/mol. The van der Waals surface area contributed by atoms with Crippen LogP contribution in [0.2, 0.25) is 0 Å². The van der Waals surface area contributed by atoms with Gasteiger partial charge in [-0.3, -0.25) is 9.59 Å². The molecule has 2 amide bonds.